The molecule has 1 aliphatic carbocycles. The van der Waals surface area contributed by atoms with Crippen LogP contribution in [0.15, 0.2) is 46.9 Å². The van der Waals surface area contributed by atoms with E-state index >= 15 is 0 Å². The molecule has 1 saturated carbocycles. The van der Waals surface area contributed by atoms with Gasteiger partial charge in [0.2, 0.25) is 0 Å². The van der Waals surface area contributed by atoms with E-state index in [1.165, 1.54) is 6.07 Å². The van der Waals surface area contributed by atoms with Crippen molar-refractivity contribution in [2.24, 2.45) is 0 Å². The van der Waals surface area contributed by atoms with Crippen LogP contribution in [0.5, 0.6) is 0 Å². The summed E-state index contributed by atoms with van der Waals surface area (Å²) in [7, 11) is 0. The highest BCUT2D eigenvalue weighted by Crippen LogP contribution is 2.23. The number of aromatic nitrogens is 2. The second-order valence-corrected chi connectivity index (χ2v) is 8.62. The van der Waals surface area contributed by atoms with E-state index in [9.17, 15) is 14.3 Å². The van der Waals surface area contributed by atoms with E-state index in [4.69, 9.17) is 0 Å². The van der Waals surface area contributed by atoms with E-state index in [1.54, 1.807) is 6.07 Å². The van der Waals surface area contributed by atoms with Gasteiger partial charge in [-0.2, -0.15) is 0 Å². The Hall–Kier alpha value is -2.45. The minimum absolute atomic E-state index is 0.0369. The molecular formula is C22H24BrFN4O2. The summed E-state index contributed by atoms with van der Waals surface area (Å²) < 4.78 is 14.4. The number of imidazole rings is 1. The Morgan fingerprint density at radius 2 is 2.00 bits per heavy atom. The highest BCUT2D eigenvalue weighted by molar-refractivity contribution is 9.10. The topological polar surface area (TPSA) is 90.0 Å². The number of benzene rings is 2. The van der Waals surface area contributed by atoms with Gasteiger partial charge < -0.3 is 20.7 Å². The van der Waals surface area contributed by atoms with Crippen LogP contribution in [-0.4, -0.2) is 33.3 Å². The molecule has 0 bridgehead atoms. The number of aliphatic hydroxyl groups is 1. The molecule has 0 radical (unpaired) electrons. The number of amides is 2. The minimum atomic E-state index is -0.452. The summed E-state index contributed by atoms with van der Waals surface area (Å²) in [5, 5.41) is 15.6. The summed E-state index contributed by atoms with van der Waals surface area (Å²) in [6, 6.07) is 11.9. The second kappa shape index (κ2) is 9.14. The predicted octanol–water partition coefficient (Wildman–Crippen LogP) is 4.35. The highest BCUT2D eigenvalue weighted by Gasteiger charge is 2.24. The van der Waals surface area contributed by atoms with Gasteiger partial charge in [-0.15, -0.1) is 0 Å². The first-order valence-electron chi connectivity index (χ1n) is 10.1. The van der Waals surface area contributed by atoms with E-state index in [0.29, 0.717) is 29.6 Å². The monoisotopic (exact) mass is 474 g/mol. The molecule has 0 saturated heterocycles. The molecule has 0 spiro atoms. The summed E-state index contributed by atoms with van der Waals surface area (Å²) in [4.78, 5) is 20.6. The number of nitrogens with zero attached hydrogens (tertiary/aromatic N) is 1. The molecule has 1 aromatic heterocycles. The normalized spacial score (nSPS) is 20.1. The average Bonchev–Trinajstić information content (AvgIpc) is 3.16. The van der Waals surface area contributed by atoms with Crippen molar-refractivity contribution in [3.8, 4) is 0 Å². The summed E-state index contributed by atoms with van der Waals surface area (Å²) in [6.45, 7) is 0. The Bertz CT molecular complexity index is 1000. The quantitative estimate of drug-likeness (QED) is 0.442. The summed E-state index contributed by atoms with van der Waals surface area (Å²) in [5.41, 5.74) is 2.44. The molecule has 158 valence electrons. The molecule has 2 amide bonds. The number of aromatic amines is 1. The van der Waals surface area contributed by atoms with Crippen molar-refractivity contribution in [1.82, 2.24) is 20.6 Å². The summed E-state index contributed by atoms with van der Waals surface area (Å²) in [5.74, 6) is 0.273. The lowest BCUT2D eigenvalue weighted by molar-refractivity contribution is 0.117. The fraction of sp³-hybridized carbons (Fsp3) is 0.364. The van der Waals surface area contributed by atoms with Gasteiger partial charge >= 0.3 is 6.03 Å². The van der Waals surface area contributed by atoms with Crippen molar-refractivity contribution in [3.05, 3.63) is 64.1 Å². The smallest absolute Gasteiger partial charge is 0.315 e. The number of hydrogen-bond acceptors (Lipinski definition) is 3. The lowest BCUT2D eigenvalue weighted by Crippen LogP contribution is -2.45. The van der Waals surface area contributed by atoms with Crippen molar-refractivity contribution in [2.75, 3.05) is 0 Å². The van der Waals surface area contributed by atoms with Crippen LogP contribution < -0.4 is 10.6 Å². The van der Waals surface area contributed by atoms with Crippen molar-refractivity contribution < 1.29 is 14.3 Å². The van der Waals surface area contributed by atoms with Gasteiger partial charge in [0.1, 0.15) is 11.6 Å². The molecule has 2 aromatic carbocycles. The Morgan fingerprint density at radius 1 is 1.23 bits per heavy atom. The molecular weight excluding hydrogens is 451 g/mol. The van der Waals surface area contributed by atoms with Gasteiger partial charge in [0.15, 0.2) is 0 Å². The molecule has 3 aromatic rings. The van der Waals surface area contributed by atoms with E-state index < -0.39 is 6.04 Å². The first kappa shape index (κ1) is 20.8. The Labute approximate surface area is 182 Å². The van der Waals surface area contributed by atoms with Gasteiger partial charge in [0.25, 0.3) is 0 Å². The standard InChI is InChI=1S/C22H24BrFN4O2/c23-16-10-5-13(11-17(16)24)12-20(21-26-18-3-1-2-4-19(18)27-21)28-22(30)25-14-6-8-15(29)9-7-14/h1-5,10-11,14-15,20,29H,6-9,12H2,(H,26,27)(H2,25,28,30)/t14?,15?,20-/m1/s1. The average molecular weight is 475 g/mol. The van der Waals surface area contributed by atoms with Crippen LogP contribution in [0, 0.1) is 5.82 Å². The molecule has 6 nitrogen and oxygen atoms in total. The first-order valence-corrected chi connectivity index (χ1v) is 10.9. The fourth-order valence-electron chi connectivity index (χ4n) is 3.86. The van der Waals surface area contributed by atoms with Crippen molar-refractivity contribution in [1.29, 1.82) is 0 Å². The lowest BCUT2D eigenvalue weighted by Gasteiger charge is -2.27. The van der Waals surface area contributed by atoms with E-state index in [-0.39, 0.29) is 24.0 Å². The van der Waals surface area contributed by atoms with Crippen molar-refractivity contribution in [3.63, 3.8) is 0 Å². The SMILES string of the molecule is O=C(NC1CCC(O)CC1)N[C@H](Cc1ccc(Br)c(F)c1)c1nc2ccccc2[nH]1. The van der Waals surface area contributed by atoms with Crippen LogP contribution in [-0.2, 0) is 6.42 Å². The zero-order chi connectivity index (χ0) is 21.1. The largest absolute Gasteiger partial charge is 0.393 e. The first-order chi connectivity index (χ1) is 14.5. The summed E-state index contributed by atoms with van der Waals surface area (Å²) in [6.07, 6.45) is 3.00. The van der Waals surface area contributed by atoms with Crippen molar-refractivity contribution in [2.45, 2.75) is 50.3 Å². The number of fused-ring (bicyclic) bond motifs is 1. The number of para-hydroxylation sites is 2. The number of rotatable bonds is 5. The van der Waals surface area contributed by atoms with Gasteiger partial charge in [0, 0.05) is 12.5 Å². The van der Waals surface area contributed by atoms with Crippen LogP contribution in [0.1, 0.15) is 43.1 Å². The van der Waals surface area contributed by atoms with Gasteiger partial charge in [-0.05, 0) is 71.4 Å². The molecule has 1 aliphatic rings. The zero-order valence-electron chi connectivity index (χ0n) is 16.4. The number of H-pyrrole nitrogens is 1. The third kappa shape index (κ3) is 4.99. The Kier molecular flexibility index (Phi) is 6.34. The highest BCUT2D eigenvalue weighted by atomic mass is 79.9. The van der Waals surface area contributed by atoms with Crippen LogP contribution >= 0.6 is 15.9 Å². The molecule has 4 rings (SSSR count). The molecule has 0 aliphatic heterocycles. The van der Waals surface area contributed by atoms with Crippen LogP contribution in [0.2, 0.25) is 0 Å². The third-order valence-electron chi connectivity index (χ3n) is 5.50. The number of hydrogen-bond donors (Lipinski definition) is 4. The lowest BCUT2D eigenvalue weighted by atomic mass is 9.93. The van der Waals surface area contributed by atoms with Gasteiger partial charge in [0.05, 0.1) is 27.7 Å². The number of urea groups is 1. The Morgan fingerprint density at radius 3 is 2.73 bits per heavy atom. The van der Waals surface area contributed by atoms with Crippen LogP contribution in [0.25, 0.3) is 11.0 Å². The summed E-state index contributed by atoms with van der Waals surface area (Å²) >= 11 is 3.17. The maximum absolute atomic E-state index is 14.0. The molecule has 1 atom stereocenters. The second-order valence-electron chi connectivity index (χ2n) is 7.77. The fourth-order valence-corrected chi connectivity index (χ4v) is 4.11. The number of carbonyl (C=O) groups excluding carboxylic acids is 1. The number of aliphatic hydroxyl groups excluding tert-OH is 1. The van der Waals surface area contributed by atoms with E-state index in [1.807, 2.05) is 30.3 Å². The van der Waals surface area contributed by atoms with Gasteiger partial charge in [-0.25, -0.2) is 14.2 Å². The Balaban J connectivity index is 1.53. The van der Waals surface area contributed by atoms with Crippen LogP contribution in [0.4, 0.5) is 9.18 Å². The zero-order valence-corrected chi connectivity index (χ0v) is 18.0. The minimum Gasteiger partial charge on any atom is -0.393 e. The maximum Gasteiger partial charge on any atom is 0.315 e. The molecule has 8 heteroatoms. The van der Waals surface area contributed by atoms with Crippen LogP contribution in [0.3, 0.4) is 0 Å². The molecule has 1 fully saturated rings. The maximum atomic E-state index is 14.0. The van der Waals surface area contributed by atoms with E-state index in [0.717, 1.165) is 29.4 Å². The predicted molar refractivity (Wildman–Crippen MR) is 117 cm³/mol. The van der Waals surface area contributed by atoms with Gasteiger partial charge in [-0.1, -0.05) is 18.2 Å². The number of carbonyl (C=O) groups is 1. The van der Waals surface area contributed by atoms with Crippen molar-refractivity contribution >= 4 is 33.0 Å². The number of nitrogens with one attached hydrogen (secondary N) is 3. The molecule has 0 unspecified atom stereocenters. The third-order valence-corrected chi connectivity index (χ3v) is 6.14. The van der Waals surface area contributed by atoms with Gasteiger partial charge in [-0.3, -0.25) is 0 Å². The number of halogens is 2. The van der Waals surface area contributed by atoms with E-state index in [2.05, 4.69) is 36.5 Å². The molecule has 4 N–H and O–H groups in total. The molecule has 1 heterocycles. The molecule has 30 heavy (non-hydrogen) atoms.